The lowest BCUT2D eigenvalue weighted by Gasteiger charge is -2.14. The van der Waals surface area contributed by atoms with Crippen molar-refractivity contribution in [1.82, 2.24) is 0 Å². The molecular formula is C24H18O3. The Labute approximate surface area is 157 Å². The van der Waals surface area contributed by atoms with Gasteiger partial charge in [-0.15, -0.1) is 0 Å². The van der Waals surface area contributed by atoms with E-state index in [2.05, 4.69) is 0 Å². The summed E-state index contributed by atoms with van der Waals surface area (Å²) in [5.41, 5.74) is 2.76. The van der Waals surface area contributed by atoms with Crippen LogP contribution in [0.15, 0.2) is 100 Å². The molecule has 0 bridgehead atoms. The Bertz CT molecular complexity index is 1100. The molecule has 3 aromatic carbocycles. The summed E-state index contributed by atoms with van der Waals surface area (Å²) in [6.45, 7) is 0. The molecule has 27 heavy (non-hydrogen) atoms. The molecule has 1 aromatic heterocycles. The monoisotopic (exact) mass is 354 g/mol. The fourth-order valence-electron chi connectivity index (χ4n) is 3.18. The highest BCUT2D eigenvalue weighted by Crippen LogP contribution is 2.39. The Kier molecular flexibility index (Phi) is 4.58. The Hall–Kier alpha value is -3.59. The Balaban J connectivity index is 1.95. The Morgan fingerprint density at radius 2 is 1.22 bits per heavy atom. The molecule has 1 N–H and O–H groups in total. The Morgan fingerprint density at radius 1 is 0.704 bits per heavy atom. The van der Waals surface area contributed by atoms with Gasteiger partial charge in [-0.05, 0) is 11.1 Å². The summed E-state index contributed by atoms with van der Waals surface area (Å²) in [5.74, 6) is 0.348. The first kappa shape index (κ1) is 16.9. The van der Waals surface area contributed by atoms with Crippen molar-refractivity contribution in [3.63, 3.8) is 0 Å². The van der Waals surface area contributed by atoms with Crippen molar-refractivity contribution >= 4 is 0 Å². The molecular weight excluding hydrogens is 336 g/mol. The van der Waals surface area contributed by atoms with Crippen LogP contribution in [0.4, 0.5) is 0 Å². The van der Waals surface area contributed by atoms with Gasteiger partial charge in [0.1, 0.15) is 11.5 Å². The van der Waals surface area contributed by atoms with E-state index < -0.39 is 5.63 Å². The molecule has 0 atom stereocenters. The summed E-state index contributed by atoms with van der Waals surface area (Å²) in [4.78, 5) is 12.7. The molecule has 0 amide bonds. The highest BCUT2D eigenvalue weighted by molar-refractivity contribution is 5.84. The normalized spacial score (nSPS) is 10.7. The van der Waals surface area contributed by atoms with Crippen LogP contribution in [0, 0.1) is 0 Å². The number of rotatable bonds is 4. The molecule has 0 radical (unpaired) electrons. The average Bonchev–Trinajstić information content (AvgIpc) is 2.73. The van der Waals surface area contributed by atoms with Gasteiger partial charge in [0.15, 0.2) is 0 Å². The van der Waals surface area contributed by atoms with Gasteiger partial charge >= 0.3 is 5.63 Å². The molecule has 4 aromatic rings. The third-order valence-corrected chi connectivity index (χ3v) is 4.51. The fraction of sp³-hybridized carbons (Fsp3) is 0.0417. The van der Waals surface area contributed by atoms with Gasteiger partial charge in [-0.25, -0.2) is 4.79 Å². The molecule has 132 valence electrons. The van der Waals surface area contributed by atoms with E-state index >= 15 is 0 Å². The minimum atomic E-state index is -0.519. The second kappa shape index (κ2) is 7.34. The van der Waals surface area contributed by atoms with Gasteiger partial charge in [-0.3, -0.25) is 0 Å². The minimum absolute atomic E-state index is 0.0276. The third kappa shape index (κ3) is 3.40. The molecule has 0 aliphatic heterocycles. The van der Waals surface area contributed by atoms with Crippen LogP contribution >= 0.6 is 0 Å². The summed E-state index contributed by atoms with van der Waals surface area (Å²) in [5, 5.41) is 11.1. The molecule has 4 rings (SSSR count). The summed E-state index contributed by atoms with van der Waals surface area (Å²) in [7, 11) is 0. The predicted molar refractivity (Wildman–Crippen MR) is 107 cm³/mol. The maximum atomic E-state index is 12.7. The molecule has 3 heteroatoms. The number of hydrogen-bond acceptors (Lipinski definition) is 3. The van der Waals surface area contributed by atoms with E-state index in [1.165, 1.54) is 0 Å². The van der Waals surface area contributed by atoms with E-state index in [4.69, 9.17) is 4.42 Å². The summed E-state index contributed by atoms with van der Waals surface area (Å²) in [6.07, 6.45) is 0.309. The lowest BCUT2D eigenvalue weighted by molar-refractivity contribution is 0.446. The lowest BCUT2D eigenvalue weighted by atomic mass is 9.96. The molecule has 0 spiro atoms. The van der Waals surface area contributed by atoms with Gasteiger partial charge in [0.25, 0.3) is 0 Å². The third-order valence-electron chi connectivity index (χ3n) is 4.51. The highest BCUT2D eigenvalue weighted by atomic mass is 16.4. The zero-order chi connectivity index (χ0) is 18.6. The van der Waals surface area contributed by atoms with Crippen LogP contribution in [0.25, 0.3) is 22.5 Å². The first-order valence-electron chi connectivity index (χ1n) is 8.78. The quantitative estimate of drug-likeness (QED) is 0.543. The van der Waals surface area contributed by atoms with Crippen LogP contribution < -0.4 is 5.63 Å². The topological polar surface area (TPSA) is 50.4 Å². The fourth-order valence-corrected chi connectivity index (χ4v) is 3.18. The predicted octanol–water partition coefficient (Wildman–Crippen LogP) is 5.27. The van der Waals surface area contributed by atoms with Crippen LogP contribution in [0.3, 0.4) is 0 Å². The number of benzene rings is 3. The zero-order valence-corrected chi connectivity index (χ0v) is 14.6. The summed E-state index contributed by atoms with van der Waals surface area (Å²) < 4.78 is 5.72. The summed E-state index contributed by atoms with van der Waals surface area (Å²) in [6, 6.07) is 28.4. The first-order chi connectivity index (χ1) is 13.2. The minimum Gasteiger partial charge on any atom is -0.507 e. The van der Waals surface area contributed by atoms with Gasteiger partial charge in [0.05, 0.1) is 11.1 Å². The van der Waals surface area contributed by atoms with Crippen molar-refractivity contribution in [2.24, 2.45) is 0 Å². The second-order valence-corrected chi connectivity index (χ2v) is 6.32. The van der Waals surface area contributed by atoms with Crippen molar-refractivity contribution in [3.8, 4) is 28.2 Å². The molecule has 1 heterocycles. The van der Waals surface area contributed by atoms with Crippen LogP contribution in [-0.2, 0) is 6.42 Å². The molecule has 0 fully saturated rings. The van der Waals surface area contributed by atoms with E-state index in [1.807, 2.05) is 91.0 Å². The average molecular weight is 354 g/mol. The van der Waals surface area contributed by atoms with E-state index in [9.17, 15) is 9.90 Å². The van der Waals surface area contributed by atoms with E-state index in [1.54, 1.807) is 0 Å². The zero-order valence-electron chi connectivity index (χ0n) is 14.6. The highest BCUT2D eigenvalue weighted by Gasteiger charge is 2.21. The van der Waals surface area contributed by atoms with E-state index in [-0.39, 0.29) is 11.3 Å². The smallest absolute Gasteiger partial charge is 0.343 e. The largest absolute Gasteiger partial charge is 0.507 e. The Morgan fingerprint density at radius 3 is 1.81 bits per heavy atom. The molecule has 0 saturated carbocycles. The van der Waals surface area contributed by atoms with Crippen LogP contribution in [0.5, 0.6) is 5.75 Å². The van der Waals surface area contributed by atoms with Crippen LogP contribution in [0.2, 0.25) is 0 Å². The van der Waals surface area contributed by atoms with Gasteiger partial charge in [0.2, 0.25) is 0 Å². The SMILES string of the molecule is O=c1oc(-c2ccccc2)c(-c2ccccc2)c(O)c1Cc1ccccc1. The molecule has 0 aliphatic carbocycles. The van der Waals surface area contributed by atoms with Gasteiger partial charge in [-0.1, -0.05) is 91.0 Å². The van der Waals surface area contributed by atoms with Crippen molar-refractivity contribution in [2.75, 3.05) is 0 Å². The molecule has 3 nitrogen and oxygen atoms in total. The van der Waals surface area contributed by atoms with Crippen molar-refractivity contribution in [3.05, 3.63) is 113 Å². The number of hydrogen-bond donors (Lipinski definition) is 1. The van der Waals surface area contributed by atoms with Gasteiger partial charge in [0, 0.05) is 12.0 Å². The van der Waals surface area contributed by atoms with Crippen molar-refractivity contribution < 1.29 is 9.52 Å². The lowest BCUT2D eigenvalue weighted by Crippen LogP contribution is -2.10. The van der Waals surface area contributed by atoms with Crippen LogP contribution in [0.1, 0.15) is 11.1 Å². The molecule has 0 aliphatic rings. The molecule has 0 saturated heterocycles. The van der Waals surface area contributed by atoms with E-state index in [0.717, 1.165) is 16.7 Å². The van der Waals surface area contributed by atoms with Crippen molar-refractivity contribution in [1.29, 1.82) is 0 Å². The van der Waals surface area contributed by atoms with Crippen molar-refractivity contribution in [2.45, 2.75) is 6.42 Å². The second-order valence-electron chi connectivity index (χ2n) is 6.32. The summed E-state index contributed by atoms with van der Waals surface area (Å²) >= 11 is 0. The van der Waals surface area contributed by atoms with Crippen LogP contribution in [-0.4, -0.2) is 5.11 Å². The maximum absolute atomic E-state index is 12.7. The van der Waals surface area contributed by atoms with Gasteiger partial charge in [-0.2, -0.15) is 0 Å². The first-order valence-corrected chi connectivity index (χ1v) is 8.78. The molecule has 0 unspecified atom stereocenters. The standard InChI is InChI=1S/C24H18O3/c25-22-20(16-17-10-4-1-5-11-17)24(26)27-23(19-14-8-3-9-15-19)21(22)18-12-6-2-7-13-18/h1-15,25H,16H2. The number of aromatic hydroxyl groups is 1. The van der Waals surface area contributed by atoms with Gasteiger partial charge < -0.3 is 9.52 Å². The maximum Gasteiger partial charge on any atom is 0.343 e. The van der Waals surface area contributed by atoms with E-state index in [0.29, 0.717) is 17.7 Å².